The van der Waals surface area contributed by atoms with Crippen LogP contribution in [0.15, 0.2) is 18.7 Å². The van der Waals surface area contributed by atoms with Gasteiger partial charge in [0, 0.05) is 25.1 Å². The SMILES string of the molecule is C[C@@H](Cn1cncn1)NC(=O)Nc1cc(C2CC2)nn1C. The Morgan fingerprint density at radius 3 is 3.00 bits per heavy atom. The highest BCUT2D eigenvalue weighted by atomic mass is 16.2. The number of nitrogens with one attached hydrogen (secondary N) is 2. The second kappa shape index (κ2) is 5.55. The van der Waals surface area contributed by atoms with E-state index in [1.54, 1.807) is 15.7 Å². The number of aryl methyl sites for hydroxylation is 1. The summed E-state index contributed by atoms with van der Waals surface area (Å²) < 4.78 is 3.38. The van der Waals surface area contributed by atoms with E-state index in [2.05, 4.69) is 25.8 Å². The van der Waals surface area contributed by atoms with Crippen LogP contribution in [-0.2, 0) is 13.6 Å². The Hall–Kier alpha value is -2.38. The van der Waals surface area contributed by atoms with Crippen molar-refractivity contribution in [1.82, 2.24) is 29.9 Å². The van der Waals surface area contributed by atoms with E-state index in [-0.39, 0.29) is 12.1 Å². The molecule has 1 aliphatic rings. The third-order valence-electron chi connectivity index (χ3n) is 3.44. The van der Waals surface area contributed by atoms with Crippen molar-refractivity contribution in [3.05, 3.63) is 24.4 Å². The molecular weight excluding hydrogens is 270 g/mol. The molecule has 0 unspecified atom stereocenters. The van der Waals surface area contributed by atoms with Crippen molar-refractivity contribution < 1.29 is 4.79 Å². The first-order valence-electron chi connectivity index (χ1n) is 7.05. The first kappa shape index (κ1) is 13.6. The Bertz CT molecular complexity index is 615. The van der Waals surface area contributed by atoms with Crippen LogP contribution in [0.5, 0.6) is 0 Å². The van der Waals surface area contributed by atoms with Gasteiger partial charge in [-0.05, 0) is 19.8 Å². The third-order valence-corrected chi connectivity index (χ3v) is 3.44. The fourth-order valence-corrected chi connectivity index (χ4v) is 2.21. The molecule has 2 heterocycles. The Balaban J connectivity index is 1.53. The van der Waals surface area contributed by atoms with Gasteiger partial charge in [-0.15, -0.1) is 0 Å². The number of anilines is 1. The summed E-state index contributed by atoms with van der Waals surface area (Å²) in [6, 6.07) is 1.65. The number of carbonyl (C=O) groups excluding carboxylic acids is 1. The van der Waals surface area contributed by atoms with Crippen LogP contribution >= 0.6 is 0 Å². The van der Waals surface area contributed by atoms with Gasteiger partial charge < -0.3 is 5.32 Å². The van der Waals surface area contributed by atoms with Crippen LogP contribution in [0.2, 0.25) is 0 Å². The molecule has 112 valence electrons. The van der Waals surface area contributed by atoms with Gasteiger partial charge in [-0.3, -0.25) is 14.7 Å². The van der Waals surface area contributed by atoms with Crippen LogP contribution in [0.3, 0.4) is 0 Å². The molecule has 1 atom stereocenters. The Morgan fingerprint density at radius 2 is 2.33 bits per heavy atom. The normalized spacial score (nSPS) is 15.7. The van der Waals surface area contributed by atoms with E-state index in [9.17, 15) is 4.79 Å². The maximum atomic E-state index is 12.0. The van der Waals surface area contributed by atoms with Gasteiger partial charge in [-0.2, -0.15) is 10.2 Å². The maximum absolute atomic E-state index is 12.0. The lowest BCUT2D eigenvalue weighted by Crippen LogP contribution is -2.39. The number of hydrogen-bond acceptors (Lipinski definition) is 4. The van der Waals surface area contributed by atoms with E-state index in [1.165, 1.54) is 19.2 Å². The molecule has 0 bridgehead atoms. The fraction of sp³-hybridized carbons (Fsp3) is 0.538. The average molecular weight is 289 g/mol. The van der Waals surface area contributed by atoms with Crippen molar-refractivity contribution in [2.24, 2.45) is 7.05 Å². The topological polar surface area (TPSA) is 89.7 Å². The quantitative estimate of drug-likeness (QED) is 0.862. The molecule has 0 spiro atoms. The van der Waals surface area contributed by atoms with Crippen LogP contribution in [0, 0.1) is 0 Å². The zero-order valence-corrected chi connectivity index (χ0v) is 12.2. The Morgan fingerprint density at radius 1 is 1.52 bits per heavy atom. The summed E-state index contributed by atoms with van der Waals surface area (Å²) in [5, 5.41) is 14.1. The summed E-state index contributed by atoms with van der Waals surface area (Å²) in [5.41, 5.74) is 1.06. The van der Waals surface area contributed by atoms with Crippen molar-refractivity contribution in [2.75, 3.05) is 5.32 Å². The number of rotatable bonds is 5. The second-order valence-electron chi connectivity index (χ2n) is 5.47. The average Bonchev–Trinajstić information content (AvgIpc) is 3.04. The molecule has 1 aliphatic carbocycles. The lowest BCUT2D eigenvalue weighted by Gasteiger charge is -2.14. The summed E-state index contributed by atoms with van der Waals surface area (Å²) in [4.78, 5) is 15.9. The highest BCUT2D eigenvalue weighted by molar-refractivity contribution is 5.88. The lowest BCUT2D eigenvalue weighted by atomic mass is 10.3. The second-order valence-corrected chi connectivity index (χ2v) is 5.47. The van der Waals surface area contributed by atoms with E-state index >= 15 is 0 Å². The molecule has 0 aromatic carbocycles. The van der Waals surface area contributed by atoms with Gasteiger partial charge in [0.1, 0.15) is 18.5 Å². The van der Waals surface area contributed by atoms with Gasteiger partial charge >= 0.3 is 6.03 Å². The fourth-order valence-electron chi connectivity index (χ4n) is 2.21. The van der Waals surface area contributed by atoms with Gasteiger partial charge in [-0.1, -0.05) is 0 Å². The summed E-state index contributed by atoms with van der Waals surface area (Å²) in [7, 11) is 1.83. The van der Waals surface area contributed by atoms with Gasteiger partial charge in [0.2, 0.25) is 0 Å². The minimum Gasteiger partial charge on any atom is -0.334 e. The summed E-state index contributed by atoms with van der Waals surface area (Å²) in [6.07, 6.45) is 5.48. The lowest BCUT2D eigenvalue weighted by molar-refractivity contribution is 0.247. The van der Waals surface area contributed by atoms with Crippen LogP contribution in [-0.4, -0.2) is 36.6 Å². The van der Waals surface area contributed by atoms with E-state index in [0.717, 1.165) is 5.69 Å². The number of nitrogens with zero attached hydrogens (tertiary/aromatic N) is 5. The number of hydrogen-bond donors (Lipinski definition) is 2. The minimum absolute atomic E-state index is 0.0529. The molecule has 8 nitrogen and oxygen atoms in total. The molecule has 0 aliphatic heterocycles. The first-order valence-corrected chi connectivity index (χ1v) is 7.05. The molecule has 2 aromatic rings. The van der Waals surface area contributed by atoms with E-state index in [1.807, 2.05) is 20.0 Å². The van der Waals surface area contributed by atoms with Crippen LogP contribution < -0.4 is 10.6 Å². The first-order chi connectivity index (χ1) is 10.1. The number of urea groups is 1. The van der Waals surface area contributed by atoms with Crippen LogP contribution in [0.1, 0.15) is 31.4 Å². The van der Waals surface area contributed by atoms with Crippen LogP contribution in [0.4, 0.5) is 10.6 Å². The highest BCUT2D eigenvalue weighted by Gasteiger charge is 2.27. The van der Waals surface area contributed by atoms with Crippen molar-refractivity contribution >= 4 is 11.8 Å². The molecular formula is C13H19N7O. The molecule has 0 saturated heterocycles. The standard InChI is InChI=1S/C13H19N7O/c1-9(6-20-8-14-7-15-20)16-13(21)17-12-5-11(10-3-4-10)18-19(12)2/h5,7-10H,3-4,6H2,1-2H3,(H2,16,17,21)/t9-/m0/s1. The monoisotopic (exact) mass is 289 g/mol. The summed E-state index contributed by atoms with van der Waals surface area (Å²) in [5.74, 6) is 1.28. The predicted molar refractivity (Wildman–Crippen MR) is 76.8 cm³/mol. The zero-order valence-electron chi connectivity index (χ0n) is 12.2. The van der Waals surface area contributed by atoms with Gasteiger partial charge in [0.25, 0.3) is 0 Å². The van der Waals surface area contributed by atoms with Crippen molar-refractivity contribution in [1.29, 1.82) is 0 Å². The van der Waals surface area contributed by atoms with Crippen molar-refractivity contribution in [2.45, 2.75) is 38.3 Å². The van der Waals surface area contributed by atoms with Gasteiger partial charge in [-0.25, -0.2) is 9.78 Å². The largest absolute Gasteiger partial charge is 0.334 e. The van der Waals surface area contributed by atoms with E-state index in [4.69, 9.17) is 0 Å². The van der Waals surface area contributed by atoms with Gasteiger partial charge in [0.15, 0.2) is 0 Å². The molecule has 8 heteroatoms. The smallest absolute Gasteiger partial charge is 0.320 e. The number of carbonyl (C=O) groups is 1. The van der Waals surface area contributed by atoms with Gasteiger partial charge in [0.05, 0.1) is 12.2 Å². The maximum Gasteiger partial charge on any atom is 0.320 e. The summed E-state index contributed by atoms with van der Waals surface area (Å²) in [6.45, 7) is 2.49. The predicted octanol–water partition coefficient (Wildman–Crippen LogP) is 1.10. The molecule has 3 rings (SSSR count). The number of aromatic nitrogens is 5. The molecule has 2 N–H and O–H groups in total. The molecule has 1 fully saturated rings. The molecule has 0 radical (unpaired) electrons. The van der Waals surface area contributed by atoms with Crippen molar-refractivity contribution in [3.8, 4) is 0 Å². The Kier molecular flexibility index (Phi) is 3.59. The molecule has 21 heavy (non-hydrogen) atoms. The van der Waals surface area contributed by atoms with E-state index in [0.29, 0.717) is 18.3 Å². The molecule has 2 amide bonds. The van der Waals surface area contributed by atoms with E-state index < -0.39 is 0 Å². The van der Waals surface area contributed by atoms with Crippen LogP contribution in [0.25, 0.3) is 0 Å². The zero-order chi connectivity index (χ0) is 14.8. The minimum atomic E-state index is -0.243. The molecule has 1 saturated carbocycles. The third kappa shape index (κ3) is 3.39. The molecule has 2 aromatic heterocycles. The van der Waals surface area contributed by atoms with Crippen molar-refractivity contribution in [3.63, 3.8) is 0 Å². The Labute approximate surface area is 122 Å². The highest BCUT2D eigenvalue weighted by Crippen LogP contribution is 2.39. The summed E-state index contributed by atoms with van der Waals surface area (Å²) >= 11 is 0. The number of amides is 2.